The maximum absolute atomic E-state index is 11.2. The Morgan fingerprint density at radius 1 is 1.55 bits per heavy atom. The second kappa shape index (κ2) is 3.51. The average Bonchev–Trinajstić information content (AvgIpc) is 2.02. The van der Waals surface area contributed by atoms with Crippen molar-refractivity contribution < 1.29 is 13.5 Å². The van der Waals surface area contributed by atoms with Crippen LogP contribution in [0.2, 0.25) is 0 Å². The zero-order valence-electron chi connectivity index (χ0n) is 7.09. The van der Waals surface area contributed by atoms with Gasteiger partial charge in [-0.05, 0) is 20.4 Å². The van der Waals surface area contributed by atoms with Gasteiger partial charge >= 0.3 is 0 Å². The molecule has 11 heavy (non-hydrogen) atoms. The Morgan fingerprint density at radius 2 is 2.00 bits per heavy atom. The fourth-order valence-corrected chi connectivity index (χ4v) is 1.68. The van der Waals surface area contributed by atoms with Gasteiger partial charge in [0.15, 0.2) is 0 Å². The predicted octanol–water partition coefficient (Wildman–Crippen LogP) is -0.303. The van der Waals surface area contributed by atoms with Crippen LogP contribution in [0.3, 0.4) is 0 Å². The van der Waals surface area contributed by atoms with Crippen LogP contribution in [-0.4, -0.2) is 31.9 Å². The Balaban J connectivity index is 4.78. The first-order valence-electron chi connectivity index (χ1n) is 3.47. The van der Waals surface area contributed by atoms with Crippen LogP contribution in [0.25, 0.3) is 0 Å². The topological polar surface area (TPSA) is 66.4 Å². The van der Waals surface area contributed by atoms with Crippen molar-refractivity contribution in [1.82, 2.24) is 4.72 Å². The standard InChI is InChI=1S/C6H15NO3S/c1-4-6(2,5-8)11(9,10)7-3/h7-8H,4-5H2,1-3H3. The summed E-state index contributed by atoms with van der Waals surface area (Å²) in [6.07, 6.45) is 0.396. The highest BCUT2D eigenvalue weighted by Gasteiger charge is 2.35. The van der Waals surface area contributed by atoms with Gasteiger partial charge < -0.3 is 5.11 Å². The lowest BCUT2D eigenvalue weighted by molar-refractivity contribution is 0.245. The second-order valence-corrected chi connectivity index (χ2v) is 5.07. The van der Waals surface area contributed by atoms with Gasteiger partial charge in [-0.3, -0.25) is 0 Å². The summed E-state index contributed by atoms with van der Waals surface area (Å²) in [4.78, 5) is 0. The van der Waals surface area contributed by atoms with Crippen LogP contribution in [0.4, 0.5) is 0 Å². The first-order chi connectivity index (χ1) is 4.93. The minimum Gasteiger partial charge on any atom is -0.395 e. The molecule has 0 aromatic rings. The molecule has 0 spiro atoms. The SMILES string of the molecule is CCC(C)(CO)S(=O)(=O)NC. The third-order valence-electron chi connectivity index (χ3n) is 2.00. The van der Waals surface area contributed by atoms with Gasteiger partial charge in [-0.1, -0.05) is 6.92 Å². The van der Waals surface area contributed by atoms with Crippen molar-refractivity contribution in [2.24, 2.45) is 0 Å². The van der Waals surface area contributed by atoms with E-state index in [4.69, 9.17) is 5.11 Å². The molecule has 1 atom stereocenters. The molecule has 0 aliphatic heterocycles. The van der Waals surface area contributed by atoms with Crippen LogP contribution in [-0.2, 0) is 10.0 Å². The summed E-state index contributed by atoms with van der Waals surface area (Å²) in [6, 6.07) is 0. The van der Waals surface area contributed by atoms with Crippen LogP contribution in [0, 0.1) is 0 Å². The van der Waals surface area contributed by atoms with Crippen LogP contribution in [0.1, 0.15) is 20.3 Å². The van der Waals surface area contributed by atoms with Gasteiger partial charge in [-0.2, -0.15) is 0 Å². The molecule has 0 saturated heterocycles. The van der Waals surface area contributed by atoms with Crippen molar-refractivity contribution in [3.05, 3.63) is 0 Å². The summed E-state index contributed by atoms with van der Waals surface area (Å²) in [6.45, 7) is 2.89. The first-order valence-corrected chi connectivity index (χ1v) is 4.96. The lowest BCUT2D eigenvalue weighted by Gasteiger charge is -2.24. The van der Waals surface area contributed by atoms with E-state index in [-0.39, 0.29) is 6.61 Å². The monoisotopic (exact) mass is 181 g/mol. The molecule has 0 bridgehead atoms. The summed E-state index contributed by atoms with van der Waals surface area (Å²) < 4.78 is 23.6. The highest BCUT2D eigenvalue weighted by atomic mass is 32.2. The van der Waals surface area contributed by atoms with Crippen LogP contribution < -0.4 is 4.72 Å². The predicted molar refractivity (Wildman–Crippen MR) is 43.8 cm³/mol. The molecule has 0 aliphatic rings. The van der Waals surface area contributed by atoms with E-state index in [2.05, 4.69) is 4.72 Å². The van der Waals surface area contributed by atoms with E-state index in [9.17, 15) is 8.42 Å². The van der Waals surface area contributed by atoms with E-state index in [0.717, 1.165) is 0 Å². The van der Waals surface area contributed by atoms with Crippen molar-refractivity contribution in [3.8, 4) is 0 Å². The number of aliphatic hydroxyl groups excluding tert-OH is 1. The number of hydrogen-bond donors (Lipinski definition) is 2. The van der Waals surface area contributed by atoms with E-state index in [0.29, 0.717) is 6.42 Å². The van der Waals surface area contributed by atoms with Gasteiger partial charge in [0.05, 0.1) is 6.61 Å². The van der Waals surface area contributed by atoms with Crippen LogP contribution >= 0.6 is 0 Å². The Bertz CT molecular complexity index is 206. The Kier molecular flexibility index (Phi) is 3.47. The quantitative estimate of drug-likeness (QED) is 0.625. The third kappa shape index (κ3) is 1.91. The molecule has 0 rings (SSSR count). The fourth-order valence-electron chi connectivity index (χ4n) is 0.633. The smallest absolute Gasteiger partial charge is 0.219 e. The number of rotatable bonds is 4. The maximum atomic E-state index is 11.2. The summed E-state index contributed by atoms with van der Waals surface area (Å²) in [5, 5.41) is 8.83. The Hall–Kier alpha value is -0.130. The maximum Gasteiger partial charge on any atom is 0.219 e. The van der Waals surface area contributed by atoms with Gasteiger partial charge in [0, 0.05) is 0 Å². The van der Waals surface area contributed by atoms with E-state index >= 15 is 0 Å². The zero-order valence-corrected chi connectivity index (χ0v) is 7.90. The number of hydrogen-bond acceptors (Lipinski definition) is 3. The molecule has 0 aromatic heterocycles. The molecular formula is C6H15NO3S. The highest BCUT2D eigenvalue weighted by molar-refractivity contribution is 7.90. The van der Waals surface area contributed by atoms with Crippen molar-refractivity contribution >= 4 is 10.0 Å². The van der Waals surface area contributed by atoms with Crippen LogP contribution in [0.5, 0.6) is 0 Å². The zero-order chi connectivity index (χ0) is 9.12. The van der Waals surface area contributed by atoms with E-state index in [1.807, 2.05) is 0 Å². The Labute approximate surface area is 67.7 Å². The number of aliphatic hydroxyl groups is 1. The molecule has 4 nitrogen and oxygen atoms in total. The molecule has 5 heteroatoms. The molecule has 68 valence electrons. The van der Waals surface area contributed by atoms with Gasteiger partial charge in [-0.25, -0.2) is 13.1 Å². The molecule has 0 fully saturated rings. The van der Waals surface area contributed by atoms with Gasteiger partial charge in [0.2, 0.25) is 10.0 Å². The minimum atomic E-state index is -3.36. The molecule has 0 radical (unpaired) electrons. The van der Waals surface area contributed by atoms with Crippen molar-refractivity contribution in [1.29, 1.82) is 0 Å². The van der Waals surface area contributed by atoms with Crippen molar-refractivity contribution in [2.45, 2.75) is 25.0 Å². The fraction of sp³-hybridized carbons (Fsp3) is 1.00. The number of nitrogens with one attached hydrogen (secondary N) is 1. The van der Waals surface area contributed by atoms with E-state index < -0.39 is 14.8 Å². The molecule has 0 saturated carbocycles. The summed E-state index contributed by atoms with van der Waals surface area (Å²) in [5.41, 5.74) is 0. The number of sulfonamides is 1. The van der Waals surface area contributed by atoms with Gasteiger partial charge in [-0.15, -0.1) is 0 Å². The summed E-state index contributed by atoms with van der Waals surface area (Å²) in [7, 11) is -2.01. The molecular weight excluding hydrogens is 166 g/mol. The summed E-state index contributed by atoms with van der Waals surface area (Å²) in [5.74, 6) is 0. The largest absolute Gasteiger partial charge is 0.395 e. The second-order valence-electron chi connectivity index (χ2n) is 2.67. The molecule has 0 aliphatic carbocycles. The average molecular weight is 181 g/mol. The third-order valence-corrected chi connectivity index (χ3v) is 4.25. The minimum absolute atomic E-state index is 0.354. The molecule has 0 amide bonds. The van der Waals surface area contributed by atoms with Crippen molar-refractivity contribution in [2.75, 3.05) is 13.7 Å². The molecule has 0 aromatic carbocycles. The molecule has 1 unspecified atom stereocenters. The van der Waals surface area contributed by atoms with E-state index in [1.165, 1.54) is 14.0 Å². The van der Waals surface area contributed by atoms with Gasteiger partial charge in [0.1, 0.15) is 4.75 Å². The summed E-state index contributed by atoms with van der Waals surface area (Å²) >= 11 is 0. The lowest BCUT2D eigenvalue weighted by Crippen LogP contribution is -2.44. The molecule has 2 N–H and O–H groups in total. The lowest BCUT2D eigenvalue weighted by atomic mass is 10.1. The van der Waals surface area contributed by atoms with Crippen LogP contribution in [0.15, 0.2) is 0 Å². The highest BCUT2D eigenvalue weighted by Crippen LogP contribution is 2.18. The van der Waals surface area contributed by atoms with Gasteiger partial charge in [0.25, 0.3) is 0 Å². The Morgan fingerprint density at radius 3 is 2.09 bits per heavy atom. The molecule has 0 heterocycles. The van der Waals surface area contributed by atoms with Crippen molar-refractivity contribution in [3.63, 3.8) is 0 Å². The first kappa shape index (κ1) is 10.9. The normalized spacial score (nSPS) is 17.8. The van der Waals surface area contributed by atoms with E-state index in [1.54, 1.807) is 6.92 Å².